The van der Waals surface area contributed by atoms with E-state index in [4.69, 9.17) is 0 Å². The largest absolute Gasteiger partial charge is 0.309 e. The highest BCUT2D eigenvalue weighted by Gasteiger charge is 2.21. The van der Waals surface area contributed by atoms with Crippen molar-refractivity contribution in [3.63, 3.8) is 0 Å². The number of nitrogens with zero attached hydrogens (tertiary/aromatic N) is 2. The lowest BCUT2D eigenvalue weighted by Crippen LogP contribution is -1.94. The molecule has 0 saturated heterocycles. The summed E-state index contributed by atoms with van der Waals surface area (Å²) in [5.74, 6) is 0. The summed E-state index contributed by atoms with van der Waals surface area (Å²) in [7, 11) is 0. The number of para-hydroxylation sites is 2. The van der Waals surface area contributed by atoms with Crippen LogP contribution in [0, 0.1) is 0 Å². The summed E-state index contributed by atoms with van der Waals surface area (Å²) in [4.78, 5) is 0. The van der Waals surface area contributed by atoms with E-state index in [9.17, 15) is 0 Å². The highest BCUT2D eigenvalue weighted by molar-refractivity contribution is 6.31. The Bertz CT molecular complexity index is 2320. The number of hydrogen-bond donors (Lipinski definition) is 0. The van der Waals surface area contributed by atoms with Crippen LogP contribution >= 0.6 is 0 Å². The van der Waals surface area contributed by atoms with E-state index in [0.717, 1.165) is 0 Å². The van der Waals surface area contributed by atoms with E-state index >= 15 is 0 Å². The van der Waals surface area contributed by atoms with Gasteiger partial charge in [-0.1, -0.05) is 97.1 Å². The molecule has 0 aliphatic rings. The van der Waals surface area contributed by atoms with Crippen LogP contribution in [-0.4, -0.2) is 8.97 Å². The Morgan fingerprint density at radius 2 is 0.895 bits per heavy atom. The molecular formula is C36H22N2. The summed E-state index contributed by atoms with van der Waals surface area (Å²) in [5.41, 5.74) is 9.91. The van der Waals surface area contributed by atoms with Crippen LogP contribution in [0.2, 0.25) is 0 Å². The van der Waals surface area contributed by atoms with Gasteiger partial charge in [0.05, 0.1) is 27.6 Å². The van der Waals surface area contributed by atoms with Crippen LogP contribution in [0.4, 0.5) is 0 Å². The van der Waals surface area contributed by atoms with Crippen molar-refractivity contribution in [2.45, 2.75) is 0 Å². The number of hydrogen-bond acceptors (Lipinski definition) is 0. The predicted molar refractivity (Wildman–Crippen MR) is 161 cm³/mol. The quantitative estimate of drug-likeness (QED) is 0.232. The van der Waals surface area contributed by atoms with Crippen molar-refractivity contribution in [3.05, 3.63) is 133 Å². The molecule has 0 fully saturated rings. The van der Waals surface area contributed by atoms with Crippen molar-refractivity contribution in [1.82, 2.24) is 8.97 Å². The molecule has 3 heterocycles. The molecule has 0 bridgehead atoms. The van der Waals surface area contributed by atoms with Crippen molar-refractivity contribution in [2.75, 3.05) is 0 Å². The van der Waals surface area contributed by atoms with Crippen LogP contribution in [0.5, 0.6) is 0 Å². The molecule has 0 N–H and O–H groups in total. The first-order chi connectivity index (χ1) is 18.9. The molecule has 0 spiro atoms. The van der Waals surface area contributed by atoms with Gasteiger partial charge < -0.3 is 8.97 Å². The van der Waals surface area contributed by atoms with E-state index in [2.05, 4.69) is 142 Å². The average Bonchev–Trinajstić information content (AvgIpc) is 3.46. The Balaban J connectivity index is 1.47. The Morgan fingerprint density at radius 1 is 0.342 bits per heavy atom. The Labute approximate surface area is 218 Å². The molecule has 2 heteroatoms. The van der Waals surface area contributed by atoms with E-state index in [1.165, 1.54) is 76.7 Å². The SMILES string of the molecule is c1ccc(-c2ccc(-n3c4cccc5c6cccc7c8ccccc8n(c8cccc3c8c54)c67)cc2)cc1. The smallest absolute Gasteiger partial charge is 0.0619 e. The van der Waals surface area contributed by atoms with Crippen LogP contribution in [0.15, 0.2) is 133 Å². The van der Waals surface area contributed by atoms with Gasteiger partial charge in [0.2, 0.25) is 0 Å². The predicted octanol–water partition coefficient (Wildman–Crippen LogP) is 9.60. The van der Waals surface area contributed by atoms with Gasteiger partial charge in [-0.05, 0) is 52.9 Å². The van der Waals surface area contributed by atoms with Gasteiger partial charge in [-0.15, -0.1) is 0 Å². The molecule has 0 amide bonds. The molecule has 6 aromatic carbocycles. The number of aromatic nitrogens is 2. The second kappa shape index (κ2) is 7.24. The van der Waals surface area contributed by atoms with E-state index in [-0.39, 0.29) is 0 Å². The molecule has 9 rings (SSSR count). The van der Waals surface area contributed by atoms with Crippen LogP contribution < -0.4 is 0 Å². The number of fused-ring (bicyclic) bond motifs is 5. The first kappa shape index (κ1) is 20.0. The van der Waals surface area contributed by atoms with Crippen LogP contribution in [0.1, 0.15) is 0 Å². The minimum Gasteiger partial charge on any atom is -0.309 e. The van der Waals surface area contributed by atoms with Gasteiger partial charge in [0.1, 0.15) is 0 Å². The van der Waals surface area contributed by atoms with Crippen molar-refractivity contribution in [3.8, 4) is 16.8 Å². The molecule has 0 aliphatic heterocycles. The summed E-state index contributed by atoms with van der Waals surface area (Å²) >= 11 is 0. The Hall–Kier alpha value is -5.08. The third-order valence-electron chi connectivity index (χ3n) is 8.25. The Kier molecular flexibility index (Phi) is 3.82. The molecule has 0 radical (unpaired) electrons. The van der Waals surface area contributed by atoms with Gasteiger partial charge in [-0.3, -0.25) is 0 Å². The summed E-state index contributed by atoms with van der Waals surface area (Å²) in [5, 5.41) is 7.83. The van der Waals surface area contributed by atoms with Crippen LogP contribution in [0.3, 0.4) is 0 Å². The van der Waals surface area contributed by atoms with Gasteiger partial charge in [-0.25, -0.2) is 0 Å². The maximum atomic E-state index is 2.49. The molecule has 3 aromatic heterocycles. The average molecular weight is 483 g/mol. The monoisotopic (exact) mass is 482 g/mol. The summed E-state index contributed by atoms with van der Waals surface area (Å²) in [6.45, 7) is 0. The normalized spacial score (nSPS) is 12.2. The summed E-state index contributed by atoms with van der Waals surface area (Å²) in [6.07, 6.45) is 0. The summed E-state index contributed by atoms with van der Waals surface area (Å²) < 4.78 is 4.92. The van der Waals surface area contributed by atoms with Gasteiger partial charge in [-0.2, -0.15) is 0 Å². The zero-order chi connectivity index (χ0) is 24.8. The maximum absolute atomic E-state index is 2.49. The van der Waals surface area contributed by atoms with Gasteiger partial charge >= 0.3 is 0 Å². The standard InChI is InChI=1S/C36H22N2/c1-2-9-23(10-3-1)24-19-21-25(22-20-24)37-31-16-7-12-27-29-14-6-13-28-26-11-4-5-15-30(26)38(36(28)29)33-18-8-17-32(37)35(33)34(27)31/h1-22H. The highest BCUT2D eigenvalue weighted by Crippen LogP contribution is 2.43. The number of rotatable bonds is 2. The lowest BCUT2D eigenvalue weighted by atomic mass is 10.0. The molecule has 0 aliphatic carbocycles. The zero-order valence-corrected chi connectivity index (χ0v) is 20.6. The lowest BCUT2D eigenvalue weighted by Gasteiger charge is -2.10. The van der Waals surface area contributed by atoms with Gasteiger partial charge in [0, 0.05) is 32.6 Å². The topological polar surface area (TPSA) is 9.34 Å². The van der Waals surface area contributed by atoms with E-state index < -0.39 is 0 Å². The molecular weight excluding hydrogens is 460 g/mol. The first-order valence-corrected chi connectivity index (χ1v) is 13.1. The third-order valence-corrected chi connectivity index (χ3v) is 8.25. The zero-order valence-electron chi connectivity index (χ0n) is 20.6. The molecule has 38 heavy (non-hydrogen) atoms. The minimum absolute atomic E-state index is 1.18. The fourth-order valence-electron chi connectivity index (χ4n) is 6.70. The molecule has 0 atom stereocenters. The van der Waals surface area contributed by atoms with Crippen molar-refractivity contribution >= 4 is 59.9 Å². The first-order valence-electron chi connectivity index (χ1n) is 13.1. The minimum atomic E-state index is 1.18. The molecule has 2 nitrogen and oxygen atoms in total. The molecule has 176 valence electrons. The number of benzene rings is 6. The fourth-order valence-corrected chi connectivity index (χ4v) is 6.70. The van der Waals surface area contributed by atoms with Crippen molar-refractivity contribution in [1.29, 1.82) is 0 Å². The van der Waals surface area contributed by atoms with Crippen LogP contribution in [-0.2, 0) is 0 Å². The summed E-state index contributed by atoms with van der Waals surface area (Å²) in [6, 6.07) is 48.7. The van der Waals surface area contributed by atoms with Crippen LogP contribution in [0.25, 0.3) is 76.7 Å². The van der Waals surface area contributed by atoms with Crippen molar-refractivity contribution in [2.24, 2.45) is 0 Å². The van der Waals surface area contributed by atoms with Gasteiger partial charge in [0.15, 0.2) is 0 Å². The Morgan fingerprint density at radius 3 is 1.74 bits per heavy atom. The van der Waals surface area contributed by atoms with E-state index in [1.807, 2.05) is 0 Å². The lowest BCUT2D eigenvalue weighted by molar-refractivity contribution is 1.18. The van der Waals surface area contributed by atoms with E-state index in [1.54, 1.807) is 0 Å². The molecule has 0 unspecified atom stereocenters. The van der Waals surface area contributed by atoms with Crippen molar-refractivity contribution < 1.29 is 0 Å². The van der Waals surface area contributed by atoms with E-state index in [0.29, 0.717) is 0 Å². The third kappa shape index (κ3) is 2.47. The molecule has 9 aromatic rings. The fraction of sp³-hybridized carbons (Fsp3) is 0. The van der Waals surface area contributed by atoms with Gasteiger partial charge in [0.25, 0.3) is 0 Å². The molecule has 0 saturated carbocycles. The second-order valence-corrected chi connectivity index (χ2v) is 10.2. The second-order valence-electron chi connectivity index (χ2n) is 10.2. The maximum Gasteiger partial charge on any atom is 0.0619 e. The highest BCUT2D eigenvalue weighted by atomic mass is 15.0.